The third kappa shape index (κ3) is 5.20. The maximum Gasteiger partial charge on any atom is 0.233 e. The predicted octanol–water partition coefficient (Wildman–Crippen LogP) is 4.96. The van der Waals surface area contributed by atoms with Gasteiger partial charge in [0.25, 0.3) is 0 Å². The molecule has 172 valence electrons. The van der Waals surface area contributed by atoms with Crippen LogP contribution in [0.1, 0.15) is 0 Å². The van der Waals surface area contributed by atoms with Gasteiger partial charge in [0, 0.05) is 43.2 Å². The zero-order valence-corrected chi connectivity index (χ0v) is 18.3. The van der Waals surface area contributed by atoms with Gasteiger partial charge in [-0.15, -0.1) is 0 Å². The lowest BCUT2D eigenvalue weighted by molar-refractivity contribution is 0.627. The molecule has 4 aromatic rings. The third-order valence-electron chi connectivity index (χ3n) is 5.51. The average Bonchev–Trinajstić information content (AvgIpc) is 2.87. The molecule has 0 unspecified atom stereocenters. The van der Waals surface area contributed by atoms with Gasteiger partial charge in [-0.05, 0) is 60.7 Å². The summed E-state index contributed by atoms with van der Waals surface area (Å²) in [6.07, 6.45) is 0. The summed E-state index contributed by atoms with van der Waals surface area (Å²) in [5, 5.41) is 6.23. The SMILES string of the molecule is Fc1ccc(Nc2nc(Nc3ccc(F)cc3)nc(N3CCN(c4ccccc4)CC3)n2)cc1. The lowest BCUT2D eigenvalue weighted by atomic mass is 10.2. The van der Waals surface area contributed by atoms with Gasteiger partial charge in [0.2, 0.25) is 17.8 Å². The molecule has 0 spiro atoms. The normalized spacial score (nSPS) is 13.6. The van der Waals surface area contributed by atoms with Crippen molar-refractivity contribution in [2.24, 2.45) is 0 Å². The summed E-state index contributed by atoms with van der Waals surface area (Å²) >= 11 is 0. The number of hydrogen-bond donors (Lipinski definition) is 2. The number of nitrogens with zero attached hydrogens (tertiary/aromatic N) is 5. The molecule has 34 heavy (non-hydrogen) atoms. The standard InChI is InChI=1S/C25H23F2N7/c26-18-6-10-20(11-7-18)28-23-30-24(29-21-12-8-19(27)9-13-21)32-25(31-23)34-16-14-33(15-17-34)22-4-2-1-3-5-22/h1-13H,14-17H2,(H2,28,29,30,31,32). The highest BCUT2D eigenvalue weighted by Crippen LogP contribution is 2.23. The van der Waals surface area contributed by atoms with E-state index in [1.165, 1.54) is 30.0 Å². The van der Waals surface area contributed by atoms with Crippen LogP contribution < -0.4 is 20.4 Å². The Morgan fingerprint density at radius 2 is 1.03 bits per heavy atom. The molecule has 1 saturated heterocycles. The second-order valence-electron chi connectivity index (χ2n) is 7.86. The van der Waals surface area contributed by atoms with Crippen molar-refractivity contribution in [3.8, 4) is 0 Å². The third-order valence-corrected chi connectivity index (χ3v) is 5.51. The smallest absolute Gasteiger partial charge is 0.233 e. The van der Waals surface area contributed by atoms with Crippen LogP contribution in [-0.2, 0) is 0 Å². The zero-order chi connectivity index (χ0) is 23.3. The molecule has 0 amide bonds. The van der Waals surface area contributed by atoms with Crippen LogP contribution in [0.4, 0.5) is 43.7 Å². The van der Waals surface area contributed by atoms with E-state index in [1.54, 1.807) is 24.3 Å². The number of piperazine rings is 1. The van der Waals surface area contributed by atoms with Crippen LogP contribution in [0.15, 0.2) is 78.9 Å². The monoisotopic (exact) mass is 459 g/mol. The molecular formula is C25H23F2N7. The molecule has 0 saturated carbocycles. The highest BCUT2D eigenvalue weighted by atomic mass is 19.1. The minimum Gasteiger partial charge on any atom is -0.368 e. The number of anilines is 6. The van der Waals surface area contributed by atoms with E-state index in [1.807, 2.05) is 18.2 Å². The first-order valence-electron chi connectivity index (χ1n) is 11.0. The average molecular weight is 460 g/mol. The molecular weight excluding hydrogens is 436 g/mol. The van der Waals surface area contributed by atoms with E-state index < -0.39 is 0 Å². The van der Waals surface area contributed by atoms with E-state index >= 15 is 0 Å². The Kier molecular flexibility index (Phi) is 6.15. The summed E-state index contributed by atoms with van der Waals surface area (Å²) in [5.74, 6) is 0.532. The van der Waals surface area contributed by atoms with E-state index in [-0.39, 0.29) is 11.6 Å². The van der Waals surface area contributed by atoms with Gasteiger partial charge in [0.05, 0.1) is 0 Å². The fourth-order valence-corrected chi connectivity index (χ4v) is 3.75. The first kappa shape index (κ1) is 21.6. The molecule has 2 heterocycles. The Morgan fingerprint density at radius 1 is 0.559 bits per heavy atom. The fraction of sp³-hybridized carbons (Fsp3) is 0.160. The summed E-state index contributed by atoms with van der Waals surface area (Å²) < 4.78 is 26.6. The Hall–Kier alpha value is -4.27. The van der Waals surface area contributed by atoms with Crippen molar-refractivity contribution in [1.29, 1.82) is 0 Å². The summed E-state index contributed by atoms with van der Waals surface area (Å²) in [6.45, 7) is 3.14. The predicted molar refractivity (Wildman–Crippen MR) is 130 cm³/mol. The number of aromatic nitrogens is 3. The van der Waals surface area contributed by atoms with Crippen molar-refractivity contribution in [3.05, 3.63) is 90.5 Å². The molecule has 7 nitrogen and oxygen atoms in total. The molecule has 1 fully saturated rings. The van der Waals surface area contributed by atoms with Crippen molar-refractivity contribution in [1.82, 2.24) is 15.0 Å². The van der Waals surface area contributed by atoms with Gasteiger partial charge in [0.15, 0.2) is 0 Å². The lowest BCUT2D eigenvalue weighted by Gasteiger charge is -2.36. The van der Waals surface area contributed by atoms with E-state index in [0.717, 1.165) is 26.2 Å². The van der Waals surface area contributed by atoms with Gasteiger partial charge in [0.1, 0.15) is 11.6 Å². The Balaban J connectivity index is 1.38. The number of para-hydroxylation sites is 1. The number of rotatable bonds is 6. The maximum absolute atomic E-state index is 13.3. The fourth-order valence-electron chi connectivity index (χ4n) is 3.75. The molecule has 0 bridgehead atoms. The van der Waals surface area contributed by atoms with Crippen LogP contribution in [0.3, 0.4) is 0 Å². The van der Waals surface area contributed by atoms with Gasteiger partial charge >= 0.3 is 0 Å². The minimum atomic E-state index is -0.322. The highest BCUT2D eigenvalue weighted by molar-refractivity contribution is 5.59. The topological polar surface area (TPSA) is 69.2 Å². The Labute approximate surface area is 196 Å². The van der Waals surface area contributed by atoms with Crippen molar-refractivity contribution in [3.63, 3.8) is 0 Å². The van der Waals surface area contributed by atoms with Crippen LogP contribution >= 0.6 is 0 Å². The summed E-state index contributed by atoms with van der Waals surface area (Å²) in [4.78, 5) is 18.1. The Bertz CT molecular complexity index is 1160. The molecule has 1 aliphatic rings. The summed E-state index contributed by atoms with van der Waals surface area (Å²) in [6, 6.07) is 22.2. The van der Waals surface area contributed by atoms with Crippen LogP contribution in [0.25, 0.3) is 0 Å². The van der Waals surface area contributed by atoms with Crippen LogP contribution in [0, 0.1) is 11.6 Å². The van der Waals surface area contributed by atoms with Gasteiger partial charge in [-0.2, -0.15) is 15.0 Å². The first-order valence-corrected chi connectivity index (χ1v) is 11.0. The van der Waals surface area contributed by atoms with E-state index in [4.69, 9.17) is 0 Å². The number of benzene rings is 3. The van der Waals surface area contributed by atoms with Crippen molar-refractivity contribution in [2.45, 2.75) is 0 Å². The highest BCUT2D eigenvalue weighted by Gasteiger charge is 2.21. The first-order chi connectivity index (χ1) is 16.6. The quantitative estimate of drug-likeness (QED) is 0.422. The second-order valence-corrected chi connectivity index (χ2v) is 7.86. The van der Waals surface area contributed by atoms with E-state index in [0.29, 0.717) is 29.2 Å². The lowest BCUT2D eigenvalue weighted by Crippen LogP contribution is -2.47. The number of halogens is 2. The Morgan fingerprint density at radius 3 is 1.53 bits per heavy atom. The van der Waals surface area contributed by atoms with Crippen LogP contribution in [0.5, 0.6) is 0 Å². The van der Waals surface area contributed by atoms with Gasteiger partial charge in [-0.1, -0.05) is 18.2 Å². The van der Waals surface area contributed by atoms with Crippen molar-refractivity contribution in [2.75, 3.05) is 46.6 Å². The van der Waals surface area contributed by atoms with Crippen LogP contribution in [-0.4, -0.2) is 41.1 Å². The minimum absolute atomic E-state index is 0.322. The van der Waals surface area contributed by atoms with Crippen molar-refractivity contribution >= 4 is 34.9 Å². The number of nitrogens with one attached hydrogen (secondary N) is 2. The second kappa shape index (κ2) is 9.70. The maximum atomic E-state index is 13.3. The van der Waals surface area contributed by atoms with Crippen LogP contribution in [0.2, 0.25) is 0 Å². The molecule has 0 aliphatic carbocycles. The molecule has 3 aromatic carbocycles. The molecule has 0 radical (unpaired) electrons. The van der Waals surface area contributed by atoms with E-state index in [2.05, 4.69) is 47.5 Å². The van der Waals surface area contributed by atoms with Crippen molar-refractivity contribution < 1.29 is 8.78 Å². The van der Waals surface area contributed by atoms with Gasteiger partial charge in [-0.25, -0.2) is 8.78 Å². The molecule has 5 rings (SSSR count). The van der Waals surface area contributed by atoms with E-state index in [9.17, 15) is 8.78 Å². The van der Waals surface area contributed by atoms with Gasteiger partial charge in [-0.3, -0.25) is 0 Å². The molecule has 0 atom stereocenters. The largest absolute Gasteiger partial charge is 0.368 e. The molecule has 1 aromatic heterocycles. The zero-order valence-electron chi connectivity index (χ0n) is 18.3. The van der Waals surface area contributed by atoms with Gasteiger partial charge < -0.3 is 20.4 Å². The number of hydrogen-bond acceptors (Lipinski definition) is 7. The molecule has 1 aliphatic heterocycles. The summed E-state index contributed by atoms with van der Waals surface area (Å²) in [5.41, 5.74) is 2.50. The molecule has 2 N–H and O–H groups in total. The molecule has 9 heteroatoms. The summed E-state index contributed by atoms with van der Waals surface area (Å²) in [7, 11) is 0.